The Balaban J connectivity index is 1.62. The maximum Gasteiger partial charge on any atom is 0.108 e. The van der Waals surface area contributed by atoms with E-state index < -0.39 is 0 Å². The lowest BCUT2D eigenvalue weighted by Crippen LogP contribution is -2.37. The van der Waals surface area contributed by atoms with Crippen molar-refractivity contribution in [2.45, 2.75) is 76.8 Å². The Hall–Kier alpha value is -0.760. The largest absolute Gasteiger partial charge is 0.469 e. The second-order valence-electron chi connectivity index (χ2n) is 6.45. The zero-order valence-corrected chi connectivity index (χ0v) is 12.2. The SMILES string of the molecule is C[C@H](NC1CCCc2occc21)C1CCCCCC1. The average Bonchev–Trinajstić information content (AvgIpc) is 2.73. The molecular weight excluding hydrogens is 234 g/mol. The third kappa shape index (κ3) is 3.05. The van der Waals surface area contributed by atoms with Gasteiger partial charge in [0, 0.05) is 24.1 Å². The van der Waals surface area contributed by atoms with Gasteiger partial charge in [-0.25, -0.2) is 0 Å². The van der Waals surface area contributed by atoms with Gasteiger partial charge in [-0.2, -0.15) is 0 Å². The number of furan rings is 1. The van der Waals surface area contributed by atoms with Gasteiger partial charge >= 0.3 is 0 Å². The highest BCUT2D eigenvalue weighted by Crippen LogP contribution is 2.33. The summed E-state index contributed by atoms with van der Waals surface area (Å²) in [5.41, 5.74) is 1.42. The summed E-state index contributed by atoms with van der Waals surface area (Å²) in [7, 11) is 0. The second-order valence-corrected chi connectivity index (χ2v) is 6.45. The van der Waals surface area contributed by atoms with Crippen molar-refractivity contribution in [3.8, 4) is 0 Å². The molecule has 0 radical (unpaired) electrons. The van der Waals surface area contributed by atoms with Gasteiger partial charge in [0.05, 0.1) is 6.26 Å². The van der Waals surface area contributed by atoms with E-state index in [1.54, 1.807) is 0 Å². The summed E-state index contributed by atoms with van der Waals surface area (Å²) in [6.45, 7) is 2.39. The van der Waals surface area contributed by atoms with Gasteiger partial charge in [0.1, 0.15) is 5.76 Å². The first-order chi connectivity index (χ1) is 9.34. The third-order valence-corrected chi connectivity index (χ3v) is 5.12. The van der Waals surface area contributed by atoms with Gasteiger partial charge in [0.25, 0.3) is 0 Å². The fraction of sp³-hybridized carbons (Fsp3) is 0.765. The van der Waals surface area contributed by atoms with Crippen molar-refractivity contribution in [2.75, 3.05) is 0 Å². The molecule has 0 bridgehead atoms. The molecule has 1 saturated carbocycles. The number of rotatable bonds is 3. The summed E-state index contributed by atoms with van der Waals surface area (Å²) in [6.07, 6.45) is 14.1. The number of fused-ring (bicyclic) bond motifs is 1. The molecule has 0 aromatic carbocycles. The maximum atomic E-state index is 5.59. The predicted molar refractivity (Wildman–Crippen MR) is 78.2 cm³/mol. The van der Waals surface area contributed by atoms with Crippen LogP contribution in [0.25, 0.3) is 0 Å². The molecule has 1 unspecified atom stereocenters. The first-order valence-electron chi connectivity index (χ1n) is 8.17. The minimum absolute atomic E-state index is 0.528. The fourth-order valence-corrected chi connectivity index (χ4v) is 3.92. The molecule has 1 N–H and O–H groups in total. The Morgan fingerprint density at radius 3 is 2.68 bits per heavy atom. The van der Waals surface area contributed by atoms with Crippen LogP contribution >= 0.6 is 0 Å². The van der Waals surface area contributed by atoms with Gasteiger partial charge in [-0.3, -0.25) is 0 Å². The molecule has 0 saturated heterocycles. The van der Waals surface area contributed by atoms with E-state index in [4.69, 9.17) is 4.42 Å². The van der Waals surface area contributed by atoms with E-state index in [-0.39, 0.29) is 0 Å². The Morgan fingerprint density at radius 1 is 1.11 bits per heavy atom. The van der Waals surface area contributed by atoms with E-state index >= 15 is 0 Å². The molecule has 0 amide bonds. The molecule has 0 spiro atoms. The van der Waals surface area contributed by atoms with Crippen LogP contribution < -0.4 is 5.32 Å². The van der Waals surface area contributed by atoms with Gasteiger partial charge in [-0.05, 0) is 44.6 Å². The van der Waals surface area contributed by atoms with E-state index in [2.05, 4.69) is 18.3 Å². The zero-order chi connectivity index (χ0) is 13.1. The van der Waals surface area contributed by atoms with Gasteiger partial charge in [0.15, 0.2) is 0 Å². The number of hydrogen-bond donors (Lipinski definition) is 1. The van der Waals surface area contributed by atoms with Crippen molar-refractivity contribution in [1.82, 2.24) is 5.32 Å². The monoisotopic (exact) mass is 261 g/mol. The lowest BCUT2D eigenvalue weighted by atomic mass is 9.89. The van der Waals surface area contributed by atoms with Gasteiger partial charge in [0.2, 0.25) is 0 Å². The fourth-order valence-electron chi connectivity index (χ4n) is 3.92. The quantitative estimate of drug-likeness (QED) is 0.804. The molecule has 2 atom stereocenters. The standard InChI is InChI=1S/C17H27NO/c1-13(14-7-4-2-3-5-8-14)18-16-9-6-10-17-15(16)11-12-19-17/h11-14,16,18H,2-10H2,1H3/t13-,16?/m0/s1. The lowest BCUT2D eigenvalue weighted by Gasteiger charge is -2.30. The van der Waals surface area contributed by atoms with Crippen LogP contribution in [0, 0.1) is 5.92 Å². The van der Waals surface area contributed by atoms with Crippen LogP contribution in [0.4, 0.5) is 0 Å². The number of hydrogen-bond acceptors (Lipinski definition) is 2. The highest BCUT2D eigenvalue weighted by Gasteiger charge is 2.26. The first kappa shape index (κ1) is 13.2. The smallest absolute Gasteiger partial charge is 0.108 e. The van der Waals surface area contributed by atoms with Crippen molar-refractivity contribution in [3.63, 3.8) is 0 Å². The molecule has 1 heterocycles. The van der Waals surface area contributed by atoms with Crippen LogP contribution in [0.2, 0.25) is 0 Å². The molecule has 2 aliphatic rings. The number of aryl methyl sites for hydroxylation is 1. The molecule has 1 fully saturated rings. The molecule has 2 aliphatic carbocycles. The minimum atomic E-state index is 0.528. The first-order valence-corrected chi connectivity index (χ1v) is 8.17. The minimum Gasteiger partial charge on any atom is -0.469 e. The lowest BCUT2D eigenvalue weighted by molar-refractivity contribution is 0.292. The summed E-state index contributed by atoms with van der Waals surface area (Å²) >= 11 is 0. The Morgan fingerprint density at radius 2 is 1.89 bits per heavy atom. The van der Waals surface area contributed by atoms with E-state index in [1.165, 1.54) is 62.7 Å². The molecule has 0 aliphatic heterocycles. The zero-order valence-electron chi connectivity index (χ0n) is 12.2. The van der Waals surface area contributed by atoms with Crippen LogP contribution in [0.5, 0.6) is 0 Å². The summed E-state index contributed by atoms with van der Waals surface area (Å²) in [5, 5.41) is 3.90. The molecule has 19 heavy (non-hydrogen) atoms. The highest BCUT2D eigenvalue weighted by molar-refractivity contribution is 5.24. The molecule has 1 aromatic rings. The highest BCUT2D eigenvalue weighted by atomic mass is 16.3. The normalized spacial score (nSPS) is 26.7. The van der Waals surface area contributed by atoms with E-state index in [1.807, 2.05) is 6.26 Å². The Bertz CT molecular complexity index is 390. The molecule has 1 aromatic heterocycles. The van der Waals surface area contributed by atoms with Crippen molar-refractivity contribution in [3.05, 3.63) is 23.7 Å². The Labute approximate surface area is 117 Å². The summed E-state index contributed by atoms with van der Waals surface area (Å²) in [6, 6.07) is 3.34. The van der Waals surface area contributed by atoms with Crippen molar-refractivity contribution >= 4 is 0 Å². The van der Waals surface area contributed by atoms with Crippen molar-refractivity contribution in [2.24, 2.45) is 5.92 Å². The molecule has 106 valence electrons. The summed E-state index contributed by atoms with van der Waals surface area (Å²) in [4.78, 5) is 0. The van der Waals surface area contributed by atoms with E-state index in [0.29, 0.717) is 12.1 Å². The molecule has 2 nitrogen and oxygen atoms in total. The van der Waals surface area contributed by atoms with Crippen molar-refractivity contribution in [1.29, 1.82) is 0 Å². The van der Waals surface area contributed by atoms with Crippen LogP contribution in [0.3, 0.4) is 0 Å². The molecule has 2 heteroatoms. The van der Waals surface area contributed by atoms with Crippen LogP contribution in [-0.2, 0) is 6.42 Å². The van der Waals surface area contributed by atoms with Crippen molar-refractivity contribution < 1.29 is 4.42 Å². The molecule has 3 rings (SSSR count). The third-order valence-electron chi connectivity index (χ3n) is 5.12. The van der Waals surface area contributed by atoms with Crippen LogP contribution in [-0.4, -0.2) is 6.04 Å². The number of nitrogens with one attached hydrogen (secondary N) is 1. The Kier molecular flexibility index (Phi) is 4.27. The summed E-state index contributed by atoms with van der Waals surface area (Å²) in [5.74, 6) is 2.09. The second kappa shape index (κ2) is 6.13. The predicted octanol–water partition coefficient (Wildman–Crippen LogP) is 4.61. The average molecular weight is 261 g/mol. The van der Waals surface area contributed by atoms with Crippen LogP contribution in [0.1, 0.15) is 75.7 Å². The van der Waals surface area contributed by atoms with Gasteiger partial charge in [-0.1, -0.05) is 25.7 Å². The van der Waals surface area contributed by atoms with E-state index in [9.17, 15) is 0 Å². The topological polar surface area (TPSA) is 25.2 Å². The maximum absolute atomic E-state index is 5.59. The molecular formula is C17H27NO. The summed E-state index contributed by atoms with van der Waals surface area (Å²) < 4.78 is 5.59. The van der Waals surface area contributed by atoms with Gasteiger partial charge in [-0.15, -0.1) is 0 Å². The van der Waals surface area contributed by atoms with E-state index in [0.717, 1.165) is 12.3 Å². The van der Waals surface area contributed by atoms with Crippen LogP contribution in [0.15, 0.2) is 16.7 Å². The van der Waals surface area contributed by atoms with Gasteiger partial charge < -0.3 is 9.73 Å².